The van der Waals surface area contributed by atoms with Gasteiger partial charge < -0.3 is 10.3 Å². The molecule has 0 saturated carbocycles. The van der Waals surface area contributed by atoms with Gasteiger partial charge in [-0.1, -0.05) is 66.7 Å². The summed E-state index contributed by atoms with van der Waals surface area (Å²) in [5.41, 5.74) is 2.94. The van der Waals surface area contributed by atoms with Gasteiger partial charge in [-0.2, -0.15) is 0 Å². The van der Waals surface area contributed by atoms with E-state index in [1.54, 1.807) is 18.3 Å². The van der Waals surface area contributed by atoms with E-state index in [-0.39, 0.29) is 22.9 Å². The van der Waals surface area contributed by atoms with Crippen LogP contribution in [0.15, 0.2) is 96.0 Å². The maximum absolute atomic E-state index is 12.8. The van der Waals surface area contributed by atoms with Crippen molar-refractivity contribution in [2.24, 2.45) is 0 Å². The minimum Gasteiger partial charge on any atom is -0.342 e. The zero-order chi connectivity index (χ0) is 23.3. The number of carbonyl (C=O) groups excluding carboxylic acids is 1. The van der Waals surface area contributed by atoms with Gasteiger partial charge in [-0.15, -0.1) is 0 Å². The number of amides is 1. The lowest BCUT2D eigenvalue weighted by Gasteiger charge is -2.13. The Labute approximate surface area is 193 Å². The molecule has 0 aliphatic heterocycles. The Morgan fingerprint density at radius 2 is 1.67 bits per heavy atom. The molecule has 0 saturated heterocycles. The smallest absolute Gasteiger partial charge is 0.251 e. The summed E-state index contributed by atoms with van der Waals surface area (Å²) in [5.74, 6) is 0.218. The fourth-order valence-corrected chi connectivity index (χ4v) is 4.39. The molecular formula is C25H24N4O3S. The maximum atomic E-state index is 12.8. The summed E-state index contributed by atoms with van der Waals surface area (Å²) in [5, 5.41) is 2.87. The second kappa shape index (κ2) is 9.81. The first kappa shape index (κ1) is 22.4. The van der Waals surface area contributed by atoms with E-state index >= 15 is 0 Å². The van der Waals surface area contributed by atoms with Crippen LogP contribution in [0.2, 0.25) is 0 Å². The lowest BCUT2D eigenvalue weighted by atomic mass is 10.2. The molecule has 0 bridgehead atoms. The number of hydrogen-bond donors (Lipinski definition) is 3. The van der Waals surface area contributed by atoms with E-state index in [0.29, 0.717) is 5.82 Å². The Bertz CT molecular complexity index is 1340. The molecule has 3 N–H and O–H groups in total. The molecule has 1 atom stereocenters. The Kier molecular flexibility index (Phi) is 6.67. The van der Waals surface area contributed by atoms with Gasteiger partial charge >= 0.3 is 0 Å². The molecule has 1 aromatic heterocycles. The summed E-state index contributed by atoms with van der Waals surface area (Å²) in [6, 6.07) is 24.6. The van der Waals surface area contributed by atoms with E-state index in [4.69, 9.17) is 0 Å². The van der Waals surface area contributed by atoms with Crippen LogP contribution < -0.4 is 10.0 Å². The SMILES string of the molecule is CC(NC(=O)c1cccc(S(=O)(=O)NCc2ccccc2)c1)c1ncc(-c2ccccc2)[nH]1. The summed E-state index contributed by atoms with van der Waals surface area (Å²) in [6.45, 7) is 1.98. The Hall–Kier alpha value is -3.75. The van der Waals surface area contributed by atoms with Crippen molar-refractivity contribution in [1.82, 2.24) is 20.0 Å². The van der Waals surface area contributed by atoms with E-state index in [2.05, 4.69) is 20.0 Å². The number of H-pyrrole nitrogens is 1. The Balaban J connectivity index is 1.43. The normalized spacial score (nSPS) is 12.3. The number of aromatic amines is 1. The number of sulfonamides is 1. The third-order valence-corrected chi connectivity index (χ3v) is 6.55. The number of aromatic nitrogens is 2. The molecule has 0 fully saturated rings. The third kappa shape index (κ3) is 5.54. The van der Waals surface area contributed by atoms with Crippen LogP contribution in [0, 0.1) is 0 Å². The minimum atomic E-state index is -3.77. The summed E-state index contributed by atoms with van der Waals surface area (Å²) in [4.78, 5) is 20.4. The van der Waals surface area contributed by atoms with Gasteiger partial charge in [0, 0.05) is 12.1 Å². The van der Waals surface area contributed by atoms with Gasteiger partial charge in [0.2, 0.25) is 10.0 Å². The summed E-state index contributed by atoms with van der Waals surface area (Å²) >= 11 is 0. The number of benzene rings is 3. The highest BCUT2D eigenvalue weighted by Gasteiger charge is 2.18. The fraction of sp³-hybridized carbons (Fsp3) is 0.120. The lowest BCUT2D eigenvalue weighted by molar-refractivity contribution is 0.0938. The van der Waals surface area contributed by atoms with E-state index < -0.39 is 16.1 Å². The van der Waals surface area contributed by atoms with Crippen molar-refractivity contribution in [2.75, 3.05) is 0 Å². The quantitative estimate of drug-likeness (QED) is 0.369. The van der Waals surface area contributed by atoms with Crippen molar-refractivity contribution < 1.29 is 13.2 Å². The number of nitrogens with zero attached hydrogens (tertiary/aromatic N) is 1. The summed E-state index contributed by atoms with van der Waals surface area (Å²) in [7, 11) is -3.77. The molecular weight excluding hydrogens is 436 g/mol. The molecule has 3 aromatic carbocycles. The summed E-state index contributed by atoms with van der Waals surface area (Å²) < 4.78 is 28.0. The zero-order valence-electron chi connectivity index (χ0n) is 18.0. The number of rotatable bonds is 8. The molecule has 1 unspecified atom stereocenters. The van der Waals surface area contributed by atoms with Gasteiger partial charge in [0.1, 0.15) is 5.82 Å². The molecule has 168 valence electrons. The van der Waals surface area contributed by atoms with Crippen LogP contribution >= 0.6 is 0 Å². The number of hydrogen-bond acceptors (Lipinski definition) is 4. The molecule has 8 heteroatoms. The monoisotopic (exact) mass is 460 g/mol. The van der Waals surface area contributed by atoms with E-state index in [0.717, 1.165) is 16.8 Å². The lowest BCUT2D eigenvalue weighted by Crippen LogP contribution is -2.28. The first-order valence-corrected chi connectivity index (χ1v) is 12.0. The van der Waals surface area contributed by atoms with Crippen LogP contribution in [0.1, 0.15) is 34.7 Å². The van der Waals surface area contributed by atoms with E-state index in [1.165, 1.54) is 12.1 Å². The van der Waals surface area contributed by atoms with Gasteiger partial charge in [-0.05, 0) is 36.2 Å². The van der Waals surface area contributed by atoms with Crippen molar-refractivity contribution in [3.05, 3.63) is 108 Å². The Morgan fingerprint density at radius 1 is 0.970 bits per heavy atom. The molecule has 1 amide bonds. The fourth-order valence-electron chi connectivity index (χ4n) is 3.33. The van der Waals surface area contributed by atoms with Crippen LogP contribution in [0.3, 0.4) is 0 Å². The van der Waals surface area contributed by atoms with Crippen LogP contribution in [0.25, 0.3) is 11.3 Å². The minimum absolute atomic E-state index is 0.0306. The molecule has 0 radical (unpaired) electrons. The van der Waals surface area contributed by atoms with Crippen molar-refractivity contribution in [2.45, 2.75) is 24.4 Å². The van der Waals surface area contributed by atoms with E-state index in [1.807, 2.05) is 67.6 Å². The number of nitrogens with one attached hydrogen (secondary N) is 3. The Morgan fingerprint density at radius 3 is 2.39 bits per heavy atom. The predicted molar refractivity (Wildman–Crippen MR) is 127 cm³/mol. The zero-order valence-corrected chi connectivity index (χ0v) is 18.8. The molecule has 0 aliphatic rings. The van der Waals surface area contributed by atoms with Crippen LogP contribution in [-0.4, -0.2) is 24.3 Å². The van der Waals surface area contributed by atoms with Gasteiger partial charge in [-0.25, -0.2) is 18.1 Å². The first-order valence-electron chi connectivity index (χ1n) is 10.5. The number of carbonyl (C=O) groups is 1. The molecule has 4 rings (SSSR count). The van der Waals surface area contributed by atoms with Gasteiger partial charge in [0.05, 0.1) is 22.8 Å². The van der Waals surface area contributed by atoms with Gasteiger partial charge in [0.15, 0.2) is 0 Å². The highest BCUT2D eigenvalue weighted by atomic mass is 32.2. The topological polar surface area (TPSA) is 104 Å². The van der Waals surface area contributed by atoms with Crippen molar-refractivity contribution >= 4 is 15.9 Å². The molecule has 33 heavy (non-hydrogen) atoms. The first-order chi connectivity index (χ1) is 15.9. The van der Waals surface area contributed by atoms with Crippen molar-refractivity contribution in [3.63, 3.8) is 0 Å². The van der Waals surface area contributed by atoms with Crippen LogP contribution in [-0.2, 0) is 16.6 Å². The number of imidazole rings is 1. The second-order valence-electron chi connectivity index (χ2n) is 7.58. The van der Waals surface area contributed by atoms with Crippen LogP contribution in [0.5, 0.6) is 0 Å². The van der Waals surface area contributed by atoms with Crippen molar-refractivity contribution in [3.8, 4) is 11.3 Å². The molecule has 4 aromatic rings. The molecule has 7 nitrogen and oxygen atoms in total. The molecule has 0 aliphatic carbocycles. The third-order valence-electron chi connectivity index (χ3n) is 5.15. The maximum Gasteiger partial charge on any atom is 0.251 e. The van der Waals surface area contributed by atoms with Crippen LogP contribution in [0.4, 0.5) is 0 Å². The van der Waals surface area contributed by atoms with Gasteiger partial charge in [-0.3, -0.25) is 4.79 Å². The molecule has 0 spiro atoms. The highest BCUT2D eigenvalue weighted by Crippen LogP contribution is 2.19. The van der Waals surface area contributed by atoms with Crippen molar-refractivity contribution in [1.29, 1.82) is 0 Å². The van der Waals surface area contributed by atoms with Gasteiger partial charge in [0.25, 0.3) is 5.91 Å². The largest absolute Gasteiger partial charge is 0.342 e. The standard InChI is InChI=1S/C25H24N4O3S/c1-18(24-26-17-23(29-24)20-11-6-3-7-12-20)28-25(30)21-13-8-14-22(15-21)33(31,32)27-16-19-9-4-2-5-10-19/h2-15,17-18,27H,16H2,1H3,(H,26,29)(H,28,30). The average Bonchev–Trinajstić information content (AvgIpc) is 3.35. The second-order valence-corrected chi connectivity index (χ2v) is 9.35. The predicted octanol–water partition coefficient (Wildman–Crippen LogP) is 4.05. The van der Waals surface area contributed by atoms with E-state index in [9.17, 15) is 13.2 Å². The highest BCUT2D eigenvalue weighted by molar-refractivity contribution is 7.89. The molecule has 1 heterocycles. The summed E-state index contributed by atoms with van der Waals surface area (Å²) in [6.07, 6.45) is 1.72. The average molecular weight is 461 g/mol.